The molecule has 0 saturated heterocycles. The standard InChI is InChI=1S/C48H31NOS/c1-3-9-32(10-4-1)34-15-21-38(22-16-34)49(39-23-17-35(18-24-39)33-11-5-2-6-12-33)40-25-27-43-42-26-19-37(30-47(42)51-48(43)31-40)36-20-28-46-44(29-36)41-13-7-8-14-45(41)50-46/h1-31H. The number of nitrogens with zero attached hydrogens (tertiary/aromatic N) is 1. The minimum atomic E-state index is 0.921. The Labute approximate surface area is 300 Å². The number of hydrogen-bond donors (Lipinski definition) is 0. The van der Waals surface area contributed by atoms with E-state index in [9.17, 15) is 0 Å². The maximum absolute atomic E-state index is 6.10. The van der Waals surface area contributed by atoms with Crippen molar-refractivity contribution < 1.29 is 4.42 Å². The summed E-state index contributed by atoms with van der Waals surface area (Å²) >= 11 is 1.85. The van der Waals surface area contributed by atoms with Crippen molar-refractivity contribution in [2.45, 2.75) is 0 Å². The Hall–Kier alpha value is -6.42. The van der Waals surface area contributed by atoms with Gasteiger partial charge in [-0.25, -0.2) is 0 Å². The van der Waals surface area contributed by atoms with Gasteiger partial charge >= 0.3 is 0 Å². The van der Waals surface area contributed by atoms with Crippen LogP contribution < -0.4 is 4.90 Å². The zero-order valence-electron chi connectivity index (χ0n) is 27.7. The third-order valence-electron chi connectivity index (χ3n) is 9.89. The minimum Gasteiger partial charge on any atom is -0.456 e. The van der Waals surface area contributed by atoms with Gasteiger partial charge in [0.2, 0.25) is 0 Å². The second kappa shape index (κ2) is 12.2. The lowest BCUT2D eigenvalue weighted by Crippen LogP contribution is -2.09. The van der Waals surface area contributed by atoms with Crippen molar-refractivity contribution in [1.29, 1.82) is 0 Å². The van der Waals surface area contributed by atoms with Gasteiger partial charge in [0.05, 0.1) is 0 Å². The molecule has 0 aliphatic carbocycles. The quantitative estimate of drug-likeness (QED) is 0.175. The maximum Gasteiger partial charge on any atom is 0.135 e. The van der Waals surface area contributed by atoms with Crippen LogP contribution in [0, 0.1) is 0 Å². The SMILES string of the molecule is c1ccc(-c2ccc(N(c3ccc(-c4ccccc4)cc3)c3ccc4c(c3)sc3cc(-c5ccc6oc7ccccc7c6c5)ccc34)cc2)cc1. The Kier molecular flexibility index (Phi) is 7.04. The molecule has 0 bridgehead atoms. The number of hydrogen-bond acceptors (Lipinski definition) is 3. The summed E-state index contributed by atoms with van der Waals surface area (Å²) in [5, 5.41) is 4.86. The molecule has 10 aromatic rings. The number of para-hydroxylation sites is 1. The highest BCUT2D eigenvalue weighted by Crippen LogP contribution is 2.43. The first-order valence-electron chi connectivity index (χ1n) is 17.2. The van der Waals surface area contributed by atoms with Gasteiger partial charge in [0.1, 0.15) is 11.2 Å². The molecule has 10 rings (SSSR count). The lowest BCUT2D eigenvalue weighted by atomic mass is 10.0. The van der Waals surface area contributed by atoms with E-state index in [-0.39, 0.29) is 0 Å². The summed E-state index contributed by atoms with van der Waals surface area (Å²) in [7, 11) is 0. The van der Waals surface area contributed by atoms with Crippen LogP contribution in [0.2, 0.25) is 0 Å². The largest absolute Gasteiger partial charge is 0.456 e. The highest BCUT2D eigenvalue weighted by atomic mass is 32.1. The maximum atomic E-state index is 6.10. The zero-order chi connectivity index (χ0) is 33.7. The molecule has 8 aromatic carbocycles. The van der Waals surface area contributed by atoms with Crippen molar-refractivity contribution in [2.24, 2.45) is 0 Å². The molecule has 240 valence electrons. The fraction of sp³-hybridized carbons (Fsp3) is 0. The number of furan rings is 1. The lowest BCUT2D eigenvalue weighted by molar-refractivity contribution is 0.669. The number of anilines is 3. The molecule has 0 N–H and O–H groups in total. The number of rotatable bonds is 6. The van der Waals surface area contributed by atoms with E-state index in [4.69, 9.17) is 4.42 Å². The summed E-state index contributed by atoms with van der Waals surface area (Å²) in [5.41, 5.74) is 12.4. The Bertz CT molecular complexity index is 2750. The Morgan fingerprint density at radius 3 is 1.45 bits per heavy atom. The van der Waals surface area contributed by atoms with Crippen molar-refractivity contribution >= 4 is 70.5 Å². The predicted octanol–water partition coefficient (Wildman–Crippen LogP) is 14.4. The van der Waals surface area contributed by atoms with E-state index in [2.05, 4.69) is 181 Å². The molecule has 2 heterocycles. The first-order chi connectivity index (χ1) is 25.2. The molecule has 0 amide bonds. The van der Waals surface area contributed by atoms with Crippen molar-refractivity contribution in [1.82, 2.24) is 0 Å². The van der Waals surface area contributed by atoms with E-state index in [1.165, 1.54) is 53.6 Å². The molecule has 0 saturated carbocycles. The van der Waals surface area contributed by atoms with Crippen LogP contribution in [0.3, 0.4) is 0 Å². The van der Waals surface area contributed by atoms with Gasteiger partial charge in [0, 0.05) is 48.0 Å². The number of fused-ring (bicyclic) bond motifs is 6. The molecule has 0 spiro atoms. The van der Waals surface area contributed by atoms with Crippen LogP contribution in [-0.2, 0) is 0 Å². The van der Waals surface area contributed by atoms with E-state index in [1.54, 1.807) is 0 Å². The van der Waals surface area contributed by atoms with E-state index >= 15 is 0 Å². The summed E-state index contributed by atoms with van der Waals surface area (Å²) in [4.78, 5) is 2.36. The van der Waals surface area contributed by atoms with Gasteiger partial charge in [-0.05, 0) is 94.0 Å². The molecule has 3 heteroatoms. The Morgan fingerprint density at radius 1 is 0.314 bits per heavy atom. The van der Waals surface area contributed by atoms with Crippen LogP contribution in [0.25, 0.3) is 75.5 Å². The minimum absolute atomic E-state index is 0.921. The molecule has 2 aromatic heterocycles. The molecule has 0 unspecified atom stereocenters. The number of thiophene rings is 1. The topological polar surface area (TPSA) is 16.4 Å². The monoisotopic (exact) mass is 669 g/mol. The van der Waals surface area contributed by atoms with Crippen molar-refractivity contribution in [3.63, 3.8) is 0 Å². The average molecular weight is 670 g/mol. The molecule has 51 heavy (non-hydrogen) atoms. The smallest absolute Gasteiger partial charge is 0.135 e. The number of benzene rings is 8. The van der Waals surface area contributed by atoms with Crippen LogP contribution in [0.5, 0.6) is 0 Å². The van der Waals surface area contributed by atoms with Crippen LogP contribution in [0.4, 0.5) is 17.1 Å². The van der Waals surface area contributed by atoms with Crippen LogP contribution >= 0.6 is 11.3 Å². The van der Waals surface area contributed by atoms with Gasteiger partial charge in [0.25, 0.3) is 0 Å². The molecule has 0 fully saturated rings. The fourth-order valence-corrected chi connectivity index (χ4v) is 8.48. The van der Waals surface area contributed by atoms with Crippen molar-refractivity contribution in [3.05, 3.63) is 188 Å². The fourth-order valence-electron chi connectivity index (χ4n) is 7.30. The molecule has 0 atom stereocenters. The third kappa shape index (κ3) is 5.27. The zero-order valence-corrected chi connectivity index (χ0v) is 28.5. The van der Waals surface area contributed by atoms with Gasteiger partial charge in [-0.15, -0.1) is 11.3 Å². The van der Waals surface area contributed by atoms with Crippen molar-refractivity contribution in [2.75, 3.05) is 4.90 Å². The second-order valence-corrected chi connectivity index (χ2v) is 14.0. The molecular formula is C48H31NOS. The van der Waals surface area contributed by atoms with Gasteiger partial charge in [-0.2, -0.15) is 0 Å². The Morgan fingerprint density at radius 2 is 0.784 bits per heavy atom. The highest BCUT2D eigenvalue weighted by Gasteiger charge is 2.16. The summed E-state index contributed by atoms with van der Waals surface area (Å²) in [6.07, 6.45) is 0. The normalized spacial score (nSPS) is 11.5. The van der Waals surface area contributed by atoms with Gasteiger partial charge in [-0.1, -0.05) is 127 Å². The van der Waals surface area contributed by atoms with Crippen LogP contribution in [-0.4, -0.2) is 0 Å². The predicted molar refractivity (Wildman–Crippen MR) is 218 cm³/mol. The van der Waals surface area contributed by atoms with Crippen molar-refractivity contribution in [3.8, 4) is 33.4 Å². The second-order valence-electron chi connectivity index (χ2n) is 13.0. The molecule has 0 aliphatic rings. The highest BCUT2D eigenvalue weighted by molar-refractivity contribution is 7.25. The Balaban J connectivity index is 1.05. The van der Waals surface area contributed by atoms with Crippen LogP contribution in [0.15, 0.2) is 192 Å². The van der Waals surface area contributed by atoms with E-state index in [0.717, 1.165) is 39.0 Å². The summed E-state index contributed by atoms with van der Waals surface area (Å²) < 4.78 is 8.64. The third-order valence-corrected chi connectivity index (χ3v) is 11.0. The van der Waals surface area contributed by atoms with E-state index in [0.29, 0.717) is 0 Å². The molecular weight excluding hydrogens is 639 g/mol. The van der Waals surface area contributed by atoms with E-state index < -0.39 is 0 Å². The first kappa shape index (κ1) is 29.5. The van der Waals surface area contributed by atoms with Crippen LogP contribution in [0.1, 0.15) is 0 Å². The lowest BCUT2D eigenvalue weighted by Gasteiger charge is -2.26. The average Bonchev–Trinajstić information content (AvgIpc) is 3.76. The summed E-state index contributed by atoms with van der Waals surface area (Å²) in [6.45, 7) is 0. The molecule has 0 radical (unpaired) electrons. The summed E-state index contributed by atoms with van der Waals surface area (Å²) in [6, 6.07) is 67.5. The van der Waals surface area contributed by atoms with Gasteiger partial charge in [0.15, 0.2) is 0 Å². The van der Waals surface area contributed by atoms with E-state index in [1.807, 2.05) is 23.5 Å². The van der Waals surface area contributed by atoms with Gasteiger partial charge in [-0.3, -0.25) is 0 Å². The summed E-state index contributed by atoms with van der Waals surface area (Å²) in [5.74, 6) is 0. The first-order valence-corrected chi connectivity index (χ1v) is 18.1. The molecule has 0 aliphatic heterocycles. The van der Waals surface area contributed by atoms with Gasteiger partial charge < -0.3 is 9.32 Å². The molecule has 2 nitrogen and oxygen atoms in total.